The average molecular weight is 738 g/mol. The molecule has 2 bridgehead atoms. The molecule has 4 atom stereocenters. The number of anilines is 1. The van der Waals surface area contributed by atoms with Gasteiger partial charge in [0.1, 0.15) is 41.2 Å². The third-order valence-corrected chi connectivity index (χ3v) is 12.8. The van der Waals surface area contributed by atoms with Crippen molar-refractivity contribution in [1.29, 1.82) is 0 Å². The standard InChI is InChI=1S/C41H42F3N7O3/c1-3-29-32(43)8-5-23-15-28(52)16-30(33(23)29)34-36(44)38-35(31-21-48(2)47-37(31)34)39(46-40(45-38)54-22-41-11-4-12-50(41)18-24(42)17-41)51-26-6-7-27(51)20-49(19-26)25-9-13-53-14-10-25/h1,5,8,15-16,21,24-27,52H,4,6-7,9-14,17-20,22H2,2H3/t24-,26?,27?,41+/m1/s1. The molecule has 280 valence electrons. The largest absolute Gasteiger partial charge is 0.508 e. The summed E-state index contributed by atoms with van der Waals surface area (Å²) in [5.41, 5.74) is 0.0885. The summed E-state index contributed by atoms with van der Waals surface area (Å²) in [4.78, 5) is 17.0. The van der Waals surface area contributed by atoms with Gasteiger partial charge in [0.05, 0.1) is 16.5 Å². The molecular weight excluding hydrogens is 695 g/mol. The molecule has 0 spiro atoms. The number of hydrogen-bond acceptors (Lipinski definition) is 9. The van der Waals surface area contributed by atoms with Crippen molar-refractivity contribution in [2.45, 2.75) is 74.8 Å². The fraction of sp³-hybridized carbons (Fsp3) is 0.488. The molecular formula is C41H42F3N7O3. The SMILES string of the molecule is C#Cc1c(F)ccc2cc(O)cc(-c3c(F)c4nc(OC[C@@]56CCCN5C[C@H](F)C6)nc(N5C6CCC5CN(C5CCOCC5)C6)c4c4cn(C)nc34)c12. The predicted octanol–water partition coefficient (Wildman–Crippen LogP) is 6.09. The summed E-state index contributed by atoms with van der Waals surface area (Å²) in [6, 6.07) is 6.39. The van der Waals surface area contributed by atoms with Crippen LogP contribution in [0.3, 0.4) is 0 Å². The summed E-state index contributed by atoms with van der Waals surface area (Å²) < 4.78 is 61.6. The second kappa shape index (κ2) is 12.7. The number of hydrogen-bond donors (Lipinski definition) is 1. The van der Waals surface area contributed by atoms with E-state index in [1.807, 2.05) is 6.20 Å². The van der Waals surface area contributed by atoms with E-state index in [4.69, 9.17) is 31.0 Å². The normalized spacial score (nSPS) is 26.4. The lowest BCUT2D eigenvalue weighted by atomic mass is 9.91. The number of likely N-dealkylation sites (tertiary alicyclic amines) is 1. The number of nitrogens with zero attached hydrogens (tertiary/aromatic N) is 7. The predicted molar refractivity (Wildman–Crippen MR) is 200 cm³/mol. The van der Waals surface area contributed by atoms with Crippen LogP contribution in [0.15, 0.2) is 30.5 Å². The van der Waals surface area contributed by atoms with Crippen molar-refractivity contribution in [2.24, 2.45) is 7.05 Å². The topological polar surface area (TPSA) is 92.0 Å². The summed E-state index contributed by atoms with van der Waals surface area (Å²) in [5.74, 6) is 1.56. The smallest absolute Gasteiger partial charge is 0.319 e. The highest BCUT2D eigenvalue weighted by atomic mass is 19.1. The van der Waals surface area contributed by atoms with Gasteiger partial charge in [0.25, 0.3) is 0 Å². The highest BCUT2D eigenvalue weighted by molar-refractivity contribution is 6.18. The molecule has 7 heterocycles. The van der Waals surface area contributed by atoms with Crippen LogP contribution in [0.1, 0.15) is 50.5 Å². The number of ether oxygens (including phenoxy) is 2. The first-order chi connectivity index (χ1) is 26.2. The molecule has 5 aliphatic rings. The lowest BCUT2D eigenvalue weighted by Crippen LogP contribution is -2.57. The highest BCUT2D eigenvalue weighted by Crippen LogP contribution is 2.47. The fourth-order valence-electron chi connectivity index (χ4n) is 10.5. The molecule has 0 radical (unpaired) electrons. The molecule has 2 unspecified atom stereocenters. The number of aromatic nitrogens is 4. The van der Waals surface area contributed by atoms with E-state index in [2.05, 4.69) is 20.6 Å². The minimum Gasteiger partial charge on any atom is -0.508 e. The molecule has 54 heavy (non-hydrogen) atoms. The maximum Gasteiger partial charge on any atom is 0.319 e. The number of benzene rings is 3. The van der Waals surface area contributed by atoms with Crippen molar-refractivity contribution < 1.29 is 27.8 Å². The Bertz CT molecular complexity index is 2360. The van der Waals surface area contributed by atoms with Crippen LogP contribution in [0.4, 0.5) is 19.0 Å². The zero-order valence-electron chi connectivity index (χ0n) is 30.2. The zero-order valence-corrected chi connectivity index (χ0v) is 30.2. The van der Waals surface area contributed by atoms with Crippen LogP contribution in [-0.4, -0.2) is 110 Å². The third kappa shape index (κ3) is 5.24. The second-order valence-electron chi connectivity index (χ2n) is 15.9. The van der Waals surface area contributed by atoms with E-state index in [-0.39, 0.29) is 58.0 Å². The number of fused-ring (bicyclic) bond motifs is 7. The van der Waals surface area contributed by atoms with Crippen LogP contribution in [-0.2, 0) is 11.8 Å². The quantitative estimate of drug-likeness (QED) is 0.208. The average Bonchev–Trinajstić information content (AvgIpc) is 3.89. The monoisotopic (exact) mass is 737 g/mol. The van der Waals surface area contributed by atoms with Crippen molar-refractivity contribution in [3.05, 3.63) is 47.7 Å². The molecule has 2 aromatic heterocycles. The van der Waals surface area contributed by atoms with Gasteiger partial charge in [-0.05, 0) is 74.2 Å². The maximum absolute atomic E-state index is 17.8. The Morgan fingerprint density at radius 3 is 2.59 bits per heavy atom. The van der Waals surface area contributed by atoms with Gasteiger partial charge in [-0.3, -0.25) is 14.5 Å². The van der Waals surface area contributed by atoms with Crippen molar-refractivity contribution in [2.75, 3.05) is 50.9 Å². The molecule has 0 aliphatic carbocycles. The molecule has 13 heteroatoms. The van der Waals surface area contributed by atoms with E-state index >= 15 is 8.78 Å². The molecule has 0 saturated carbocycles. The third-order valence-electron chi connectivity index (χ3n) is 12.8. The first-order valence-corrected chi connectivity index (χ1v) is 19.1. The summed E-state index contributed by atoms with van der Waals surface area (Å²) in [7, 11) is 1.77. The number of aromatic hydroxyl groups is 1. The van der Waals surface area contributed by atoms with Crippen molar-refractivity contribution >= 4 is 38.4 Å². The summed E-state index contributed by atoms with van der Waals surface area (Å²) in [6.45, 7) is 4.62. The molecule has 10 nitrogen and oxygen atoms in total. The first-order valence-electron chi connectivity index (χ1n) is 19.1. The molecule has 5 aliphatic heterocycles. The van der Waals surface area contributed by atoms with E-state index in [1.54, 1.807) is 11.7 Å². The van der Waals surface area contributed by atoms with Crippen LogP contribution in [0.2, 0.25) is 0 Å². The Balaban J connectivity index is 1.18. The van der Waals surface area contributed by atoms with Crippen molar-refractivity contribution in [1.82, 2.24) is 29.5 Å². The molecule has 5 fully saturated rings. The molecule has 5 aromatic rings. The van der Waals surface area contributed by atoms with Gasteiger partial charge in [-0.15, -0.1) is 6.42 Å². The summed E-state index contributed by atoms with van der Waals surface area (Å²) in [5, 5.41) is 17.5. The molecule has 0 amide bonds. The Hall–Kier alpha value is -4.64. The van der Waals surface area contributed by atoms with Gasteiger partial charge >= 0.3 is 6.01 Å². The van der Waals surface area contributed by atoms with E-state index in [0.717, 1.165) is 71.4 Å². The summed E-state index contributed by atoms with van der Waals surface area (Å²) in [6.07, 6.45) is 12.8. The second-order valence-corrected chi connectivity index (χ2v) is 15.9. The van der Waals surface area contributed by atoms with Gasteiger partial charge in [-0.2, -0.15) is 15.1 Å². The molecule has 5 saturated heterocycles. The van der Waals surface area contributed by atoms with Crippen LogP contribution in [0, 0.1) is 24.0 Å². The maximum atomic E-state index is 17.8. The highest BCUT2D eigenvalue weighted by Gasteiger charge is 2.50. The number of phenols is 1. The Labute approximate surface area is 310 Å². The Morgan fingerprint density at radius 2 is 1.81 bits per heavy atom. The lowest BCUT2D eigenvalue weighted by Gasteiger charge is -2.46. The number of rotatable bonds is 6. The lowest BCUT2D eigenvalue weighted by molar-refractivity contribution is 0.0262. The zero-order chi connectivity index (χ0) is 36.9. The van der Waals surface area contributed by atoms with E-state index in [0.29, 0.717) is 46.5 Å². The van der Waals surface area contributed by atoms with E-state index in [9.17, 15) is 9.50 Å². The number of terminal acetylenes is 1. The van der Waals surface area contributed by atoms with Crippen LogP contribution < -0.4 is 9.64 Å². The Kier molecular flexibility index (Phi) is 7.98. The van der Waals surface area contributed by atoms with Gasteiger partial charge in [-0.25, -0.2) is 13.2 Å². The van der Waals surface area contributed by atoms with Crippen LogP contribution in [0.25, 0.3) is 43.7 Å². The number of phenolic OH excluding ortho intramolecular Hbond substituents is 1. The van der Waals surface area contributed by atoms with E-state index in [1.165, 1.54) is 24.3 Å². The van der Waals surface area contributed by atoms with Gasteiger partial charge in [-0.1, -0.05) is 12.0 Å². The number of piperazine rings is 1. The number of alkyl halides is 1. The van der Waals surface area contributed by atoms with Crippen LogP contribution in [0.5, 0.6) is 11.8 Å². The minimum absolute atomic E-state index is 0.0245. The Morgan fingerprint density at radius 1 is 1.02 bits per heavy atom. The van der Waals surface area contributed by atoms with Gasteiger partial charge in [0, 0.05) is 87.0 Å². The van der Waals surface area contributed by atoms with Gasteiger partial charge in [0.15, 0.2) is 5.82 Å². The number of halogens is 3. The van der Waals surface area contributed by atoms with E-state index < -0.39 is 23.3 Å². The number of aryl methyl sites for hydroxylation is 1. The van der Waals surface area contributed by atoms with Gasteiger partial charge < -0.3 is 19.5 Å². The van der Waals surface area contributed by atoms with Gasteiger partial charge in [0.2, 0.25) is 0 Å². The molecule has 10 rings (SSSR count). The van der Waals surface area contributed by atoms with Crippen LogP contribution >= 0.6 is 0 Å². The van der Waals surface area contributed by atoms with Crippen molar-refractivity contribution in [3.8, 4) is 35.2 Å². The fourth-order valence-corrected chi connectivity index (χ4v) is 10.5. The minimum atomic E-state index is -0.932. The summed E-state index contributed by atoms with van der Waals surface area (Å²) >= 11 is 0. The molecule has 3 aromatic carbocycles. The molecule has 1 N–H and O–H groups in total. The van der Waals surface area contributed by atoms with Crippen molar-refractivity contribution in [3.63, 3.8) is 0 Å². The first kappa shape index (κ1) is 33.9.